The molecule has 3 unspecified atom stereocenters. The van der Waals surface area contributed by atoms with Crippen molar-refractivity contribution in [1.82, 2.24) is 5.32 Å². The van der Waals surface area contributed by atoms with Crippen molar-refractivity contribution in [2.24, 2.45) is 11.3 Å². The molecule has 0 aliphatic heterocycles. The van der Waals surface area contributed by atoms with Crippen LogP contribution in [0.1, 0.15) is 76.0 Å². The zero-order valence-corrected chi connectivity index (χ0v) is 21.5. The van der Waals surface area contributed by atoms with E-state index in [2.05, 4.69) is 98.6 Å². The van der Waals surface area contributed by atoms with E-state index in [1.807, 2.05) is 13.8 Å². The largest absolute Gasteiger partial charge is 0.385 e. The lowest BCUT2D eigenvalue weighted by atomic mass is 9.67. The SMILES string of the molecule is C=C(NCC)c1ccccc1CCC1CCC2=CC3=C(C=CC3c3ccccc3)CC21C.CC. The van der Waals surface area contributed by atoms with Gasteiger partial charge in [-0.15, -0.1) is 0 Å². The monoisotopic (exact) mass is 451 g/mol. The zero-order valence-electron chi connectivity index (χ0n) is 21.5. The van der Waals surface area contributed by atoms with Crippen LogP contribution in [0.5, 0.6) is 0 Å². The molecule has 5 rings (SSSR count). The summed E-state index contributed by atoms with van der Waals surface area (Å²) < 4.78 is 0. The van der Waals surface area contributed by atoms with Gasteiger partial charge in [-0.3, -0.25) is 0 Å². The van der Waals surface area contributed by atoms with Gasteiger partial charge >= 0.3 is 0 Å². The van der Waals surface area contributed by atoms with Gasteiger partial charge < -0.3 is 5.32 Å². The molecule has 1 fully saturated rings. The van der Waals surface area contributed by atoms with Crippen LogP contribution < -0.4 is 5.32 Å². The average molecular weight is 452 g/mol. The third kappa shape index (κ3) is 4.58. The topological polar surface area (TPSA) is 12.0 Å². The summed E-state index contributed by atoms with van der Waals surface area (Å²) >= 11 is 0. The Morgan fingerprint density at radius 1 is 1.06 bits per heavy atom. The molecule has 1 saturated carbocycles. The first-order chi connectivity index (χ1) is 16.6. The Hall–Kier alpha value is -2.80. The van der Waals surface area contributed by atoms with Crippen molar-refractivity contribution in [3.05, 3.63) is 113 Å². The van der Waals surface area contributed by atoms with E-state index >= 15 is 0 Å². The summed E-state index contributed by atoms with van der Waals surface area (Å²) in [5.74, 6) is 1.18. The van der Waals surface area contributed by atoms with Gasteiger partial charge in [-0.1, -0.05) is 106 Å². The molecule has 1 N–H and O–H groups in total. The number of benzene rings is 2. The first kappa shape index (κ1) is 24.3. The van der Waals surface area contributed by atoms with Crippen LogP contribution in [-0.4, -0.2) is 6.54 Å². The molecule has 178 valence electrons. The second-order valence-corrected chi connectivity index (χ2v) is 9.93. The highest BCUT2D eigenvalue weighted by molar-refractivity contribution is 5.64. The normalized spacial score (nSPS) is 24.6. The van der Waals surface area contributed by atoms with E-state index in [1.54, 1.807) is 16.7 Å². The quantitative estimate of drug-likeness (QED) is 0.444. The molecular weight excluding hydrogens is 410 g/mol. The molecule has 0 aromatic heterocycles. The van der Waals surface area contributed by atoms with Crippen LogP contribution in [-0.2, 0) is 6.42 Å². The van der Waals surface area contributed by atoms with Gasteiger partial charge in [0.25, 0.3) is 0 Å². The van der Waals surface area contributed by atoms with Crippen LogP contribution in [0.25, 0.3) is 5.70 Å². The maximum absolute atomic E-state index is 4.27. The van der Waals surface area contributed by atoms with E-state index in [1.165, 1.54) is 42.4 Å². The van der Waals surface area contributed by atoms with E-state index < -0.39 is 0 Å². The first-order valence-electron chi connectivity index (χ1n) is 13.3. The van der Waals surface area contributed by atoms with Crippen LogP contribution in [0.15, 0.2) is 96.1 Å². The minimum atomic E-state index is 0.308. The molecule has 0 amide bonds. The Kier molecular flexibility index (Phi) is 7.61. The van der Waals surface area contributed by atoms with Gasteiger partial charge in [-0.05, 0) is 72.6 Å². The zero-order chi connectivity index (χ0) is 24.1. The van der Waals surface area contributed by atoms with Gasteiger partial charge in [-0.25, -0.2) is 0 Å². The maximum Gasteiger partial charge on any atom is 0.0343 e. The van der Waals surface area contributed by atoms with Gasteiger partial charge in [0.15, 0.2) is 0 Å². The number of hydrogen-bond acceptors (Lipinski definition) is 1. The number of fused-ring (bicyclic) bond motifs is 1. The number of allylic oxidation sites excluding steroid dienone is 6. The molecule has 1 nitrogen and oxygen atoms in total. The molecule has 2 aromatic rings. The summed E-state index contributed by atoms with van der Waals surface area (Å²) in [4.78, 5) is 0. The first-order valence-corrected chi connectivity index (χ1v) is 13.3. The van der Waals surface area contributed by atoms with E-state index in [-0.39, 0.29) is 0 Å². The number of rotatable bonds is 7. The summed E-state index contributed by atoms with van der Waals surface area (Å²) in [7, 11) is 0. The Morgan fingerprint density at radius 3 is 2.56 bits per heavy atom. The Balaban J connectivity index is 0.00000133. The van der Waals surface area contributed by atoms with Gasteiger partial charge in [0, 0.05) is 23.7 Å². The lowest BCUT2D eigenvalue weighted by Gasteiger charge is -2.37. The summed E-state index contributed by atoms with van der Waals surface area (Å²) in [5.41, 5.74) is 10.3. The van der Waals surface area contributed by atoms with E-state index in [0.29, 0.717) is 11.3 Å². The molecule has 0 saturated heterocycles. The van der Waals surface area contributed by atoms with Crippen molar-refractivity contribution in [2.45, 2.75) is 65.7 Å². The Bertz CT molecular complexity index is 1100. The smallest absolute Gasteiger partial charge is 0.0343 e. The highest BCUT2D eigenvalue weighted by atomic mass is 14.9. The fourth-order valence-electron chi connectivity index (χ4n) is 6.31. The molecule has 2 aromatic carbocycles. The minimum absolute atomic E-state index is 0.308. The minimum Gasteiger partial charge on any atom is -0.385 e. The summed E-state index contributed by atoms with van der Waals surface area (Å²) in [6.07, 6.45) is 13.6. The molecular formula is C33H41N. The third-order valence-corrected chi connectivity index (χ3v) is 8.13. The van der Waals surface area contributed by atoms with E-state index in [9.17, 15) is 0 Å². The summed E-state index contributed by atoms with van der Waals surface area (Å²) in [5, 5.41) is 3.41. The molecule has 3 aliphatic carbocycles. The highest BCUT2D eigenvalue weighted by Crippen LogP contribution is 2.58. The Labute approximate surface area is 207 Å². The predicted molar refractivity (Wildman–Crippen MR) is 148 cm³/mol. The van der Waals surface area contributed by atoms with E-state index in [4.69, 9.17) is 0 Å². The van der Waals surface area contributed by atoms with E-state index in [0.717, 1.165) is 24.6 Å². The van der Waals surface area contributed by atoms with Crippen LogP contribution >= 0.6 is 0 Å². The van der Waals surface area contributed by atoms with Gasteiger partial charge in [0.05, 0.1) is 0 Å². The second kappa shape index (κ2) is 10.6. The molecule has 0 spiro atoms. The van der Waals surface area contributed by atoms with Crippen LogP contribution in [0.3, 0.4) is 0 Å². The van der Waals surface area contributed by atoms with Crippen molar-refractivity contribution < 1.29 is 0 Å². The summed E-state index contributed by atoms with van der Waals surface area (Å²) in [6, 6.07) is 19.8. The van der Waals surface area contributed by atoms with Crippen LogP contribution in [0.4, 0.5) is 0 Å². The average Bonchev–Trinajstić information content (AvgIpc) is 3.42. The van der Waals surface area contributed by atoms with Crippen molar-refractivity contribution in [1.29, 1.82) is 0 Å². The summed E-state index contributed by atoms with van der Waals surface area (Å²) in [6.45, 7) is 13.8. The molecule has 0 radical (unpaired) electrons. The van der Waals surface area contributed by atoms with Crippen LogP contribution in [0, 0.1) is 11.3 Å². The van der Waals surface area contributed by atoms with Gasteiger partial charge in [0.1, 0.15) is 0 Å². The number of aryl methyl sites for hydroxylation is 1. The molecule has 0 bridgehead atoms. The number of hydrogen-bond donors (Lipinski definition) is 1. The van der Waals surface area contributed by atoms with Crippen molar-refractivity contribution >= 4 is 5.70 Å². The van der Waals surface area contributed by atoms with Crippen molar-refractivity contribution in [3.8, 4) is 0 Å². The standard InChI is InChI=1S/C31H35N.C2H6/c1-4-32-22(2)28-13-9-8-12-24(28)14-16-26-17-18-27-20-30-25(21-31(26,27)3)15-19-29(30)23-10-6-5-7-11-23;1-2/h5-13,15,19-20,26,29,32H,2,4,14,16-18,21H2,1,3H3;1-2H3. The Morgan fingerprint density at radius 2 is 1.79 bits per heavy atom. The fourth-order valence-corrected chi connectivity index (χ4v) is 6.31. The van der Waals surface area contributed by atoms with Crippen molar-refractivity contribution in [2.75, 3.05) is 6.54 Å². The van der Waals surface area contributed by atoms with Crippen molar-refractivity contribution in [3.63, 3.8) is 0 Å². The molecule has 1 heteroatoms. The second-order valence-electron chi connectivity index (χ2n) is 9.93. The lowest BCUT2D eigenvalue weighted by molar-refractivity contribution is 0.256. The maximum atomic E-state index is 4.27. The third-order valence-electron chi connectivity index (χ3n) is 8.13. The van der Waals surface area contributed by atoms with Gasteiger partial charge in [-0.2, -0.15) is 0 Å². The molecule has 3 atom stereocenters. The van der Waals surface area contributed by atoms with Gasteiger partial charge in [0.2, 0.25) is 0 Å². The fraction of sp³-hybridized carbons (Fsp3) is 0.394. The molecule has 3 aliphatic rings. The molecule has 34 heavy (non-hydrogen) atoms. The van der Waals surface area contributed by atoms with Crippen LogP contribution in [0.2, 0.25) is 0 Å². The molecule has 0 heterocycles. The lowest BCUT2D eigenvalue weighted by Crippen LogP contribution is -2.27. The highest BCUT2D eigenvalue weighted by Gasteiger charge is 2.45. The number of nitrogens with one attached hydrogen (secondary N) is 1. The predicted octanol–water partition coefficient (Wildman–Crippen LogP) is 8.62.